The Kier molecular flexibility index (Phi) is 4.87. The molecule has 1 aromatic heterocycles. The quantitative estimate of drug-likeness (QED) is 0.726. The van der Waals surface area contributed by atoms with E-state index in [2.05, 4.69) is 27.4 Å². The van der Waals surface area contributed by atoms with Crippen molar-refractivity contribution in [3.8, 4) is 23.9 Å². The van der Waals surface area contributed by atoms with Crippen LogP contribution < -0.4 is 15.8 Å². The topological polar surface area (TPSA) is 121 Å². The summed E-state index contributed by atoms with van der Waals surface area (Å²) in [6, 6.07) is 14.7. The second-order valence-electron chi connectivity index (χ2n) is 5.92. The number of hydrogen-bond acceptors (Lipinski definition) is 7. The van der Waals surface area contributed by atoms with Crippen molar-refractivity contribution < 1.29 is 4.74 Å². The number of ether oxygens (including phenoxy) is 1. The molecule has 0 aliphatic rings. The second-order valence-corrected chi connectivity index (χ2v) is 5.92. The Labute approximate surface area is 156 Å². The van der Waals surface area contributed by atoms with Crippen molar-refractivity contribution in [1.29, 1.82) is 10.5 Å². The van der Waals surface area contributed by atoms with Gasteiger partial charge in [-0.2, -0.15) is 15.5 Å². The Morgan fingerprint density at radius 3 is 2.22 bits per heavy atom. The van der Waals surface area contributed by atoms with Gasteiger partial charge < -0.3 is 15.8 Å². The molecule has 27 heavy (non-hydrogen) atoms. The lowest BCUT2D eigenvalue weighted by atomic mass is 10.1. The standard InChI is InChI=1S/C20H16N6O/c1-12-7-15(10-22)8-13(2)18(12)27-20-24-11-17(23)19(26-20)25-16-5-3-14(9-21)4-6-16/h3-8,11H,23H2,1-2H3,(H,24,25,26). The van der Waals surface area contributed by atoms with Gasteiger partial charge in [0, 0.05) is 5.69 Å². The first-order valence-corrected chi connectivity index (χ1v) is 8.09. The number of hydrogen-bond donors (Lipinski definition) is 2. The number of nitrogen functional groups attached to an aromatic ring is 1. The zero-order valence-corrected chi connectivity index (χ0v) is 14.8. The SMILES string of the molecule is Cc1cc(C#N)cc(C)c1Oc1ncc(N)c(Nc2ccc(C#N)cc2)n1. The molecular weight excluding hydrogens is 340 g/mol. The molecular formula is C20H16N6O. The molecule has 0 saturated carbocycles. The third kappa shape index (κ3) is 3.94. The van der Waals surface area contributed by atoms with Gasteiger partial charge in [-0.3, -0.25) is 0 Å². The molecule has 0 aliphatic heterocycles. The zero-order chi connectivity index (χ0) is 19.4. The molecule has 3 N–H and O–H groups in total. The van der Waals surface area contributed by atoms with E-state index in [1.807, 2.05) is 13.8 Å². The van der Waals surface area contributed by atoms with Crippen molar-refractivity contribution in [2.75, 3.05) is 11.1 Å². The maximum atomic E-state index is 9.05. The molecule has 0 spiro atoms. The summed E-state index contributed by atoms with van der Waals surface area (Å²) < 4.78 is 5.84. The predicted molar refractivity (Wildman–Crippen MR) is 102 cm³/mol. The Hall–Kier alpha value is -4.10. The van der Waals surface area contributed by atoms with Crippen LogP contribution in [0.4, 0.5) is 17.2 Å². The molecule has 0 radical (unpaired) electrons. The van der Waals surface area contributed by atoms with Crippen molar-refractivity contribution in [2.45, 2.75) is 13.8 Å². The van der Waals surface area contributed by atoms with Gasteiger partial charge in [-0.05, 0) is 61.4 Å². The van der Waals surface area contributed by atoms with Crippen LogP contribution in [0.3, 0.4) is 0 Å². The van der Waals surface area contributed by atoms with Crippen LogP contribution in [0, 0.1) is 36.5 Å². The van der Waals surface area contributed by atoms with Crippen LogP contribution in [0.5, 0.6) is 11.8 Å². The average molecular weight is 356 g/mol. The summed E-state index contributed by atoms with van der Waals surface area (Å²) in [6.45, 7) is 3.72. The van der Waals surface area contributed by atoms with Gasteiger partial charge in [0.2, 0.25) is 0 Å². The van der Waals surface area contributed by atoms with Crippen LogP contribution in [0.15, 0.2) is 42.6 Å². The van der Waals surface area contributed by atoms with Crippen molar-refractivity contribution in [2.24, 2.45) is 0 Å². The van der Waals surface area contributed by atoms with E-state index in [0.29, 0.717) is 28.4 Å². The van der Waals surface area contributed by atoms with E-state index in [-0.39, 0.29) is 6.01 Å². The molecule has 7 heteroatoms. The monoisotopic (exact) mass is 356 g/mol. The van der Waals surface area contributed by atoms with Crippen molar-refractivity contribution in [1.82, 2.24) is 9.97 Å². The van der Waals surface area contributed by atoms with Crippen molar-refractivity contribution in [3.63, 3.8) is 0 Å². The summed E-state index contributed by atoms with van der Waals surface area (Å²) in [4.78, 5) is 8.45. The Morgan fingerprint density at radius 2 is 1.63 bits per heavy atom. The third-order valence-corrected chi connectivity index (χ3v) is 3.85. The van der Waals surface area contributed by atoms with Crippen LogP contribution in [0.1, 0.15) is 22.3 Å². The Balaban J connectivity index is 1.87. The first-order chi connectivity index (χ1) is 13.0. The van der Waals surface area contributed by atoms with Gasteiger partial charge >= 0.3 is 6.01 Å². The molecule has 0 aliphatic carbocycles. The fourth-order valence-corrected chi connectivity index (χ4v) is 2.56. The second kappa shape index (κ2) is 7.42. The molecule has 132 valence electrons. The zero-order valence-electron chi connectivity index (χ0n) is 14.8. The maximum Gasteiger partial charge on any atom is 0.324 e. The lowest BCUT2D eigenvalue weighted by Crippen LogP contribution is -2.03. The summed E-state index contributed by atoms with van der Waals surface area (Å²) >= 11 is 0. The lowest BCUT2D eigenvalue weighted by molar-refractivity contribution is 0.436. The van der Waals surface area contributed by atoms with Gasteiger partial charge in [0.25, 0.3) is 0 Å². The Morgan fingerprint density at radius 1 is 1.00 bits per heavy atom. The third-order valence-electron chi connectivity index (χ3n) is 3.85. The number of nitrogens with zero attached hydrogens (tertiary/aromatic N) is 4. The minimum atomic E-state index is 0.135. The van der Waals surface area contributed by atoms with Crippen molar-refractivity contribution in [3.05, 3.63) is 64.8 Å². The molecule has 3 aromatic rings. The highest BCUT2D eigenvalue weighted by Crippen LogP contribution is 2.30. The van der Waals surface area contributed by atoms with Gasteiger partial charge in [0.1, 0.15) is 5.75 Å². The fraction of sp³-hybridized carbons (Fsp3) is 0.100. The van der Waals surface area contributed by atoms with E-state index in [4.69, 9.17) is 21.0 Å². The van der Waals surface area contributed by atoms with Gasteiger partial charge in [0.05, 0.1) is 35.1 Å². The molecule has 3 rings (SSSR count). The van der Waals surface area contributed by atoms with Crippen molar-refractivity contribution >= 4 is 17.2 Å². The lowest BCUT2D eigenvalue weighted by Gasteiger charge is -2.13. The van der Waals surface area contributed by atoms with E-state index in [1.54, 1.807) is 36.4 Å². The van der Waals surface area contributed by atoms with E-state index in [0.717, 1.165) is 16.8 Å². The highest BCUT2D eigenvalue weighted by Gasteiger charge is 2.12. The maximum absolute atomic E-state index is 9.05. The highest BCUT2D eigenvalue weighted by molar-refractivity contribution is 5.68. The molecule has 0 saturated heterocycles. The summed E-state index contributed by atoms with van der Waals surface area (Å²) in [5.74, 6) is 0.997. The van der Waals surface area contributed by atoms with Gasteiger partial charge in [0.15, 0.2) is 5.82 Å². The summed E-state index contributed by atoms with van der Waals surface area (Å²) in [5, 5.41) is 21.0. The van der Waals surface area contributed by atoms with Gasteiger partial charge in [-0.25, -0.2) is 4.98 Å². The number of aryl methyl sites for hydroxylation is 2. The molecule has 0 atom stereocenters. The fourth-order valence-electron chi connectivity index (χ4n) is 2.56. The minimum Gasteiger partial charge on any atom is -0.424 e. The first-order valence-electron chi connectivity index (χ1n) is 8.09. The van der Waals surface area contributed by atoms with Gasteiger partial charge in [-0.15, -0.1) is 0 Å². The number of nitrogens with one attached hydrogen (secondary N) is 1. The van der Waals surface area contributed by atoms with Crippen LogP contribution in [-0.2, 0) is 0 Å². The smallest absolute Gasteiger partial charge is 0.324 e. The minimum absolute atomic E-state index is 0.135. The molecule has 2 aromatic carbocycles. The Bertz CT molecular complexity index is 1050. The number of benzene rings is 2. The van der Waals surface area contributed by atoms with Crippen LogP contribution in [0.25, 0.3) is 0 Å². The van der Waals surface area contributed by atoms with E-state index >= 15 is 0 Å². The predicted octanol–water partition coefficient (Wildman–Crippen LogP) is 3.95. The van der Waals surface area contributed by atoms with E-state index in [9.17, 15) is 0 Å². The van der Waals surface area contributed by atoms with Crippen LogP contribution in [-0.4, -0.2) is 9.97 Å². The first kappa shape index (κ1) is 17.7. The van der Waals surface area contributed by atoms with E-state index in [1.165, 1.54) is 6.20 Å². The summed E-state index contributed by atoms with van der Waals surface area (Å²) in [6.07, 6.45) is 1.46. The summed E-state index contributed by atoms with van der Waals surface area (Å²) in [7, 11) is 0. The number of nitrogens with two attached hydrogens (primary N) is 1. The molecule has 1 heterocycles. The number of nitriles is 2. The largest absolute Gasteiger partial charge is 0.424 e. The van der Waals surface area contributed by atoms with Gasteiger partial charge in [-0.1, -0.05) is 0 Å². The molecule has 7 nitrogen and oxygen atoms in total. The number of rotatable bonds is 4. The molecule has 0 bridgehead atoms. The normalized spacial score (nSPS) is 9.93. The summed E-state index contributed by atoms with van der Waals surface area (Å²) in [5.41, 5.74) is 9.80. The molecule has 0 unspecified atom stereocenters. The van der Waals surface area contributed by atoms with Crippen LogP contribution >= 0.6 is 0 Å². The number of aromatic nitrogens is 2. The van der Waals surface area contributed by atoms with E-state index < -0.39 is 0 Å². The molecule has 0 amide bonds. The average Bonchev–Trinajstić information content (AvgIpc) is 2.67. The number of anilines is 3. The van der Waals surface area contributed by atoms with Crippen LogP contribution in [0.2, 0.25) is 0 Å². The molecule has 0 fully saturated rings. The highest BCUT2D eigenvalue weighted by atomic mass is 16.5.